The van der Waals surface area contributed by atoms with Crippen LogP contribution in [0.1, 0.15) is 27.2 Å². The predicted molar refractivity (Wildman–Crippen MR) is 78.0 cm³/mol. The van der Waals surface area contributed by atoms with Crippen LogP contribution in [0.3, 0.4) is 0 Å². The fourth-order valence-electron chi connectivity index (χ4n) is 0.827. The SMILES string of the molecule is C=C[Si](C)(C)C(C)(C)O.CCC[SiH](C)C. The van der Waals surface area contributed by atoms with Crippen molar-refractivity contribution in [2.75, 3.05) is 0 Å². The summed E-state index contributed by atoms with van der Waals surface area (Å²) in [5.41, 5.74) is 1.91. The lowest BCUT2D eigenvalue weighted by Gasteiger charge is -2.31. The van der Waals surface area contributed by atoms with Crippen molar-refractivity contribution in [2.24, 2.45) is 0 Å². The molecule has 0 heterocycles. The van der Waals surface area contributed by atoms with Gasteiger partial charge in [0.05, 0.1) is 5.22 Å². The largest absolute Gasteiger partial charge is 0.394 e. The molecule has 0 aliphatic rings. The zero-order chi connectivity index (χ0) is 12.7. The van der Waals surface area contributed by atoms with Gasteiger partial charge >= 0.3 is 0 Å². The van der Waals surface area contributed by atoms with Crippen molar-refractivity contribution in [3.63, 3.8) is 0 Å². The second kappa shape index (κ2) is 7.41. The van der Waals surface area contributed by atoms with E-state index in [1.165, 1.54) is 12.5 Å². The summed E-state index contributed by atoms with van der Waals surface area (Å²) in [6.45, 7) is 18.6. The van der Waals surface area contributed by atoms with E-state index in [0.717, 1.165) is 0 Å². The molecule has 0 atom stereocenters. The van der Waals surface area contributed by atoms with Crippen LogP contribution in [0, 0.1) is 0 Å². The van der Waals surface area contributed by atoms with Crippen molar-refractivity contribution < 1.29 is 5.11 Å². The minimum absolute atomic E-state index is 0.171. The first kappa shape index (κ1) is 17.5. The van der Waals surface area contributed by atoms with Gasteiger partial charge in [-0.15, -0.1) is 6.58 Å². The van der Waals surface area contributed by atoms with Crippen LogP contribution in [-0.2, 0) is 0 Å². The molecule has 0 aromatic carbocycles. The maximum Gasteiger partial charge on any atom is 0.107 e. The number of rotatable bonds is 4. The Morgan fingerprint density at radius 2 is 1.73 bits per heavy atom. The Morgan fingerprint density at radius 1 is 1.33 bits per heavy atom. The van der Waals surface area contributed by atoms with Gasteiger partial charge in [-0.1, -0.05) is 51.3 Å². The fraction of sp³-hybridized carbons (Fsp3) is 0.833. The van der Waals surface area contributed by atoms with Gasteiger partial charge in [-0.2, -0.15) is 0 Å². The molecule has 0 aliphatic carbocycles. The minimum atomic E-state index is -1.56. The number of hydrogen-bond donors (Lipinski definition) is 1. The molecule has 0 bridgehead atoms. The third kappa shape index (κ3) is 9.09. The smallest absolute Gasteiger partial charge is 0.107 e. The second-order valence-corrected chi connectivity index (χ2v) is 14.1. The molecule has 1 nitrogen and oxygen atoms in total. The van der Waals surface area contributed by atoms with Crippen molar-refractivity contribution >= 4 is 16.9 Å². The molecule has 0 unspecified atom stereocenters. The Labute approximate surface area is 99.2 Å². The molecule has 0 saturated heterocycles. The molecule has 0 spiro atoms. The lowest BCUT2D eigenvalue weighted by Crippen LogP contribution is -2.48. The highest BCUT2D eigenvalue weighted by Crippen LogP contribution is 2.19. The predicted octanol–water partition coefficient (Wildman–Crippen LogP) is 3.61. The molecule has 0 saturated carbocycles. The number of hydrogen-bond acceptors (Lipinski definition) is 1. The Bertz CT molecular complexity index is 169. The van der Waals surface area contributed by atoms with E-state index in [0.29, 0.717) is 0 Å². The van der Waals surface area contributed by atoms with Crippen molar-refractivity contribution in [3.8, 4) is 0 Å². The molecule has 0 aromatic rings. The summed E-state index contributed by atoms with van der Waals surface area (Å²) < 4.78 is 0. The van der Waals surface area contributed by atoms with Crippen LogP contribution in [0.5, 0.6) is 0 Å². The average Bonchev–Trinajstić information content (AvgIpc) is 2.03. The molecular weight excluding hydrogens is 216 g/mol. The summed E-state index contributed by atoms with van der Waals surface area (Å²) in [5.74, 6) is 0. The van der Waals surface area contributed by atoms with E-state index in [1.807, 2.05) is 19.5 Å². The zero-order valence-electron chi connectivity index (χ0n) is 11.7. The Kier molecular flexibility index (Phi) is 8.66. The van der Waals surface area contributed by atoms with Crippen LogP contribution in [0.2, 0.25) is 32.2 Å². The average molecular weight is 247 g/mol. The molecule has 92 valence electrons. The quantitative estimate of drug-likeness (QED) is 0.751. The normalized spacial score (nSPS) is 12.1. The van der Waals surface area contributed by atoms with Crippen LogP contribution in [-0.4, -0.2) is 27.2 Å². The van der Waals surface area contributed by atoms with E-state index in [4.69, 9.17) is 0 Å². The third-order valence-electron chi connectivity index (χ3n) is 2.95. The molecule has 0 aliphatic heterocycles. The van der Waals surface area contributed by atoms with Gasteiger partial charge in [0.25, 0.3) is 0 Å². The van der Waals surface area contributed by atoms with E-state index in [1.54, 1.807) is 0 Å². The monoisotopic (exact) mass is 246 g/mol. The fourth-order valence-corrected chi connectivity index (χ4v) is 2.48. The first-order valence-electron chi connectivity index (χ1n) is 5.94. The summed E-state index contributed by atoms with van der Waals surface area (Å²) in [5, 5.41) is 9.00. The van der Waals surface area contributed by atoms with Gasteiger partial charge < -0.3 is 5.11 Å². The first-order valence-corrected chi connectivity index (χ1v) is 12.1. The Morgan fingerprint density at radius 3 is 1.73 bits per heavy atom. The van der Waals surface area contributed by atoms with Gasteiger partial charge in [0, 0.05) is 8.80 Å². The van der Waals surface area contributed by atoms with Crippen LogP contribution in [0.25, 0.3) is 0 Å². The molecule has 1 N–H and O–H groups in total. The topological polar surface area (TPSA) is 20.2 Å². The highest BCUT2D eigenvalue weighted by atomic mass is 28.3. The second-order valence-electron chi connectivity index (χ2n) is 5.67. The van der Waals surface area contributed by atoms with Crippen LogP contribution in [0.4, 0.5) is 0 Å². The van der Waals surface area contributed by atoms with E-state index >= 15 is 0 Å². The van der Waals surface area contributed by atoms with Gasteiger partial charge in [0.2, 0.25) is 0 Å². The molecule has 3 heteroatoms. The van der Waals surface area contributed by atoms with Gasteiger partial charge in [-0.05, 0) is 13.8 Å². The first-order chi connectivity index (χ1) is 6.58. The summed E-state index contributed by atoms with van der Waals surface area (Å²) in [6, 6.07) is 1.51. The van der Waals surface area contributed by atoms with E-state index < -0.39 is 13.3 Å². The maximum absolute atomic E-state index is 9.54. The van der Waals surface area contributed by atoms with Crippen molar-refractivity contribution in [3.05, 3.63) is 12.3 Å². The van der Waals surface area contributed by atoms with Crippen molar-refractivity contribution in [2.45, 2.75) is 64.6 Å². The maximum atomic E-state index is 9.54. The third-order valence-corrected chi connectivity index (χ3v) is 8.86. The van der Waals surface area contributed by atoms with Gasteiger partial charge in [-0.25, -0.2) is 0 Å². The zero-order valence-corrected chi connectivity index (χ0v) is 13.9. The number of aliphatic hydroxyl groups is 1. The van der Waals surface area contributed by atoms with Crippen molar-refractivity contribution in [1.82, 2.24) is 0 Å². The summed E-state index contributed by atoms with van der Waals surface area (Å²) in [4.78, 5) is 0. The van der Waals surface area contributed by atoms with Crippen LogP contribution >= 0.6 is 0 Å². The Hall–Kier alpha value is 0.134. The molecule has 0 fully saturated rings. The highest BCUT2D eigenvalue weighted by molar-refractivity contribution is 6.84. The summed E-state index contributed by atoms with van der Waals surface area (Å²) in [7, 11) is -1.73. The van der Waals surface area contributed by atoms with Crippen LogP contribution in [0.15, 0.2) is 12.3 Å². The van der Waals surface area contributed by atoms with E-state index in [2.05, 4.69) is 39.7 Å². The van der Waals surface area contributed by atoms with Gasteiger partial charge in [0.15, 0.2) is 0 Å². The molecule has 0 aromatic heterocycles. The lowest BCUT2D eigenvalue weighted by molar-refractivity contribution is 0.158. The summed E-state index contributed by atoms with van der Waals surface area (Å²) >= 11 is 0. The van der Waals surface area contributed by atoms with Gasteiger partial charge in [-0.3, -0.25) is 0 Å². The molecular formula is C12H30OSi2. The van der Waals surface area contributed by atoms with E-state index in [9.17, 15) is 5.11 Å². The molecule has 0 rings (SSSR count). The lowest BCUT2D eigenvalue weighted by atomic mass is 10.5. The van der Waals surface area contributed by atoms with Crippen molar-refractivity contribution in [1.29, 1.82) is 0 Å². The molecule has 0 radical (unpaired) electrons. The minimum Gasteiger partial charge on any atom is -0.394 e. The Balaban J connectivity index is 0. The van der Waals surface area contributed by atoms with Crippen LogP contribution < -0.4 is 0 Å². The highest BCUT2D eigenvalue weighted by Gasteiger charge is 2.33. The molecule has 15 heavy (non-hydrogen) atoms. The standard InChI is InChI=1S/C7H16OSi.C5H14Si/c1-6-9(4,5)7(2,3)8;1-4-5-6(2)3/h6,8H,1H2,2-5H3;6H,4-5H2,1-3H3. The van der Waals surface area contributed by atoms with E-state index in [-0.39, 0.29) is 8.80 Å². The summed E-state index contributed by atoms with van der Waals surface area (Å²) in [6.07, 6.45) is 1.39. The van der Waals surface area contributed by atoms with Gasteiger partial charge in [0.1, 0.15) is 8.07 Å². The molecule has 0 amide bonds.